The Bertz CT molecular complexity index is 725. The molecule has 0 radical (unpaired) electrons. The summed E-state index contributed by atoms with van der Waals surface area (Å²) in [5.41, 5.74) is 2.80. The van der Waals surface area contributed by atoms with Crippen LogP contribution in [0.5, 0.6) is 0 Å². The molecule has 0 N–H and O–H groups in total. The summed E-state index contributed by atoms with van der Waals surface area (Å²) in [7, 11) is -1.86. The normalized spacial score (nSPS) is 24.9. The number of benzene rings is 1. The second kappa shape index (κ2) is 8.07. The number of aliphatic imine (C=N–C) groups is 1. The van der Waals surface area contributed by atoms with E-state index in [4.69, 9.17) is 9.42 Å². The van der Waals surface area contributed by atoms with Crippen molar-refractivity contribution in [1.29, 1.82) is 0 Å². The van der Waals surface area contributed by atoms with Gasteiger partial charge in [-0.25, -0.2) is 4.99 Å². The molecule has 0 unspecified atom stereocenters. The van der Waals surface area contributed by atoms with Crippen molar-refractivity contribution in [3.63, 3.8) is 0 Å². The summed E-state index contributed by atoms with van der Waals surface area (Å²) >= 11 is 0. The van der Waals surface area contributed by atoms with Crippen molar-refractivity contribution in [3.05, 3.63) is 35.4 Å². The molecule has 2 saturated heterocycles. The molecule has 0 saturated carbocycles. The Labute approximate surface area is 178 Å². The second-order valence-electron chi connectivity index (χ2n) is 10.6. The first-order valence-corrected chi connectivity index (χ1v) is 14.5. The Hall–Kier alpha value is -1.33. The van der Waals surface area contributed by atoms with Gasteiger partial charge in [-0.15, -0.1) is 0 Å². The molecule has 29 heavy (non-hydrogen) atoms. The lowest BCUT2D eigenvalue weighted by molar-refractivity contribution is 0.164. The number of hydrogen-bond acceptors (Lipinski definition) is 2. The van der Waals surface area contributed by atoms with Crippen LogP contribution in [-0.4, -0.2) is 56.4 Å². The van der Waals surface area contributed by atoms with E-state index in [1.54, 1.807) is 0 Å². The van der Waals surface area contributed by atoms with E-state index in [0.717, 1.165) is 32.6 Å². The van der Waals surface area contributed by atoms with Crippen molar-refractivity contribution >= 4 is 14.3 Å². The first-order valence-electron chi connectivity index (χ1n) is 11.6. The molecule has 0 amide bonds. The maximum atomic E-state index is 6.98. The van der Waals surface area contributed by atoms with Gasteiger partial charge in [0.25, 0.3) is 0 Å². The highest BCUT2D eigenvalue weighted by Gasteiger charge is 2.44. The van der Waals surface area contributed by atoms with Gasteiger partial charge in [0.15, 0.2) is 14.3 Å². The summed E-state index contributed by atoms with van der Waals surface area (Å²) in [6.45, 7) is 16.3. The van der Waals surface area contributed by atoms with Crippen molar-refractivity contribution in [2.24, 2.45) is 4.99 Å². The Balaban J connectivity index is 1.69. The van der Waals surface area contributed by atoms with Gasteiger partial charge in [-0.05, 0) is 54.9 Å². The summed E-state index contributed by atoms with van der Waals surface area (Å²) in [6, 6.07) is 9.01. The van der Waals surface area contributed by atoms with Gasteiger partial charge >= 0.3 is 0 Å². The molecule has 160 valence electrons. The van der Waals surface area contributed by atoms with E-state index >= 15 is 0 Å². The topological polar surface area (TPSA) is 28.1 Å². The molecule has 1 aromatic carbocycles. The average Bonchev–Trinajstić information content (AvgIpc) is 3.40. The van der Waals surface area contributed by atoms with Crippen LogP contribution >= 0.6 is 0 Å². The molecule has 2 fully saturated rings. The monoisotopic (exact) mass is 413 g/mol. The van der Waals surface area contributed by atoms with E-state index in [0.29, 0.717) is 0 Å². The maximum Gasteiger partial charge on any atom is 0.197 e. The van der Waals surface area contributed by atoms with Gasteiger partial charge in [0.2, 0.25) is 0 Å². The molecule has 4 nitrogen and oxygen atoms in total. The van der Waals surface area contributed by atoms with Gasteiger partial charge in [-0.2, -0.15) is 0 Å². The van der Waals surface area contributed by atoms with Crippen LogP contribution in [0.1, 0.15) is 63.6 Å². The van der Waals surface area contributed by atoms with Crippen molar-refractivity contribution in [3.8, 4) is 0 Å². The fraction of sp³-hybridized carbons (Fsp3) is 0.708. The Morgan fingerprint density at radius 3 is 2.07 bits per heavy atom. The van der Waals surface area contributed by atoms with Crippen LogP contribution in [0.4, 0.5) is 0 Å². The van der Waals surface area contributed by atoms with Gasteiger partial charge in [0, 0.05) is 32.6 Å². The minimum atomic E-state index is -1.86. The highest BCUT2D eigenvalue weighted by molar-refractivity contribution is 6.74. The third-order valence-electron chi connectivity index (χ3n) is 7.43. The number of guanidine groups is 1. The van der Waals surface area contributed by atoms with E-state index in [9.17, 15) is 0 Å². The predicted octanol–water partition coefficient (Wildman–Crippen LogP) is 5.22. The van der Waals surface area contributed by atoms with E-state index < -0.39 is 8.32 Å². The van der Waals surface area contributed by atoms with E-state index in [-0.39, 0.29) is 17.2 Å². The zero-order chi connectivity index (χ0) is 20.6. The molecule has 3 aliphatic rings. The minimum Gasteiger partial charge on any atom is -0.411 e. The summed E-state index contributed by atoms with van der Waals surface area (Å²) in [5.74, 6) is 1.24. The van der Waals surface area contributed by atoms with Crippen molar-refractivity contribution in [2.75, 3.05) is 26.2 Å². The number of rotatable bonds is 3. The summed E-state index contributed by atoms with van der Waals surface area (Å²) in [6.07, 6.45) is 6.31. The van der Waals surface area contributed by atoms with Crippen LogP contribution in [0.25, 0.3) is 0 Å². The van der Waals surface area contributed by atoms with Crippen molar-refractivity contribution in [2.45, 2.75) is 83.2 Å². The summed E-state index contributed by atoms with van der Waals surface area (Å²) < 4.78 is 6.98. The molecular weight excluding hydrogens is 374 g/mol. The molecule has 4 rings (SSSR count). The zero-order valence-corrected chi connectivity index (χ0v) is 20.1. The quantitative estimate of drug-likeness (QED) is 0.386. The van der Waals surface area contributed by atoms with Gasteiger partial charge < -0.3 is 14.2 Å². The molecule has 2 atom stereocenters. The van der Waals surface area contributed by atoms with Crippen LogP contribution < -0.4 is 0 Å². The number of fused-ring (bicyclic) bond motifs is 1. The largest absolute Gasteiger partial charge is 0.411 e. The highest BCUT2D eigenvalue weighted by Crippen LogP contribution is 2.43. The first kappa shape index (κ1) is 20.9. The fourth-order valence-electron chi connectivity index (χ4n) is 4.67. The number of nitrogens with zero attached hydrogens (tertiary/aromatic N) is 3. The SMILES string of the molecule is CC(C)(C)[Si](C)(C)O[C@@H]1Cc2ccccc2[C@H]1N=C(N1CCCC1)N1CCCC1. The lowest BCUT2D eigenvalue weighted by atomic mass is 10.1. The molecule has 2 aliphatic heterocycles. The lowest BCUT2D eigenvalue weighted by Crippen LogP contribution is -2.46. The molecule has 5 heteroatoms. The Morgan fingerprint density at radius 1 is 0.966 bits per heavy atom. The van der Waals surface area contributed by atoms with Gasteiger partial charge in [-0.1, -0.05) is 45.0 Å². The first-order chi connectivity index (χ1) is 13.8. The van der Waals surface area contributed by atoms with Crippen LogP contribution in [-0.2, 0) is 10.8 Å². The molecule has 1 aliphatic carbocycles. The van der Waals surface area contributed by atoms with Gasteiger partial charge in [0.05, 0.1) is 6.10 Å². The molecule has 0 aromatic heterocycles. The molecule has 0 bridgehead atoms. The second-order valence-corrected chi connectivity index (χ2v) is 15.3. The third kappa shape index (κ3) is 4.27. The van der Waals surface area contributed by atoms with E-state index in [1.807, 2.05) is 0 Å². The van der Waals surface area contributed by atoms with Crippen LogP contribution in [0.3, 0.4) is 0 Å². The maximum absolute atomic E-state index is 6.98. The van der Waals surface area contributed by atoms with Gasteiger partial charge in [-0.3, -0.25) is 0 Å². The number of hydrogen-bond donors (Lipinski definition) is 0. The highest BCUT2D eigenvalue weighted by atomic mass is 28.4. The molecular formula is C24H39N3OSi. The molecule has 1 aromatic rings. The van der Waals surface area contributed by atoms with Gasteiger partial charge in [0.1, 0.15) is 6.04 Å². The van der Waals surface area contributed by atoms with E-state index in [1.165, 1.54) is 42.8 Å². The zero-order valence-electron chi connectivity index (χ0n) is 19.1. The smallest absolute Gasteiger partial charge is 0.197 e. The molecule has 0 spiro atoms. The number of likely N-dealkylation sites (tertiary alicyclic amines) is 2. The van der Waals surface area contributed by atoms with Crippen LogP contribution in [0.15, 0.2) is 29.3 Å². The standard InChI is InChI=1S/C24H39N3OSi/c1-24(2,3)29(4,5)28-21-18-19-12-6-7-13-20(19)22(21)25-23(26-14-8-9-15-26)27-16-10-11-17-27/h6-7,12-13,21-22H,8-11,14-18H2,1-5H3/t21-,22-/m1/s1. The minimum absolute atomic E-state index is 0.122. The molecule has 2 heterocycles. The average molecular weight is 414 g/mol. The summed E-state index contributed by atoms with van der Waals surface area (Å²) in [5, 5.41) is 0.211. The van der Waals surface area contributed by atoms with Crippen molar-refractivity contribution in [1.82, 2.24) is 9.80 Å². The van der Waals surface area contributed by atoms with Crippen LogP contribution in [0.2, 0.25) is 18.1 Å². The van der Waals surface area contributed by atoms with Crippen molar-refractivity contribution < 1.29 is 4.43 Å². The Kier molecular flexibility index (Phi) is 5.82. The fourth-order valence-corrected chi connectivity index (χ4v) is 6.00. The third-order valence-corrected chi connectivity index (χ3v) is 11.9. The van der Waals surface area contributed by atoms with Crippen LogP contribution in [0, 0.1) is 0 Å². The summed E-state index contributed by atoms with van der Waals surface area (Å²) in [4.78, 5) is 10.6. The van der Waals surface area contributed by atoms with E-state index in [2.05, 4.69) is 67.9 Å². The Morgan fingerprint density at radius 2 is 1.52 bits per heavy atom. The lowest BCUT2D eigenvalue weighted by Gasteiger charge is -2.39. The predicted molar refractivity (Wildman–Crippen MR) is 124 cm³/mol.